The van der Waals surface area contributed by atoms with Crippen molar-refractivity contribution in [2.45, 2.75) is 17.7 Å². The highest BCUT2D eigenvalue weighted by Crippen LogP contribution is 2.45. The minimum atomic E-state index is 0.394. The molecule has 1 N–H and O–H groups in total. The van der Waals surface area contributed by atoms with Crippen molar-refractivity contribution in [3.05, 3.63) is 53.6 Å². The number of ether oxygens (including phenoxy) is 1. The Labute approximate surface area is 164 Å². The first-order valence-electron chi connectivity index (χ1n) is 9.54. The summed E-state index contributed by atoms with van der Waals surface area (Å²) in [5.74, 6) is 0.394. The fraction of sp³-hybridized carbons (Fsp3) is 0.304. The molecule has 0 bridgehead atoms. The summed E-state index contributed by atoms with van der Waals surface area (Å²) in [6, 6.07) is 15.1. The summed E-state index contributed by atoms with van der Waals surface area (Å²) in [7, 11) is 0. The zero-order chi connectivity index (χ0) is 18.4. The van der Waals surface area contributed by atoms with E-state index in [0.29, 0.717) is 5.75 Å². The van der Waals surface area contributed by atoms with Crippen molar-refractivity contribution in [2.24, 2.45) is 0 Å². The van der Waals surface area contributed by atoms with Crippen molar-refractivity contribution in [2.75, 3.05) is 37.5 Å². The maximum atomic E-state index is 10.8. The smallest absolute Gasteiger partial charge is 0.123 e. The van der Waals surface area contributed by atoms with E-state index in [-0.39, 0.29) is 0 Å². The average molecular weight is 378 g/mol. The van der Waals surface area contributed by atoms with Crippen LogP contribution in [0.5, 0.6) is 5.75 Å². The summed E-state index contributed by atoms with van der Waals surface area (Å²) in [6.45, 7) is 3.31. The summed E-state index contributed by atoms with van der Waals surface area (Å²) in [4.78, 5) is 3.64. The molecule has 1 aliphatic carbocycles. The van der Waals surface area contributed by atoms with Crippen LogP contribution in [0, 0.1) is 0 Å². The predicted octanol–water partition coefficient (Wildman–Crippen LogP) is 4.87. The van der Waals surface area contributed by atoms with Crippen LogP contribution in [-0.2, 0) is 17.6 Å². The molecule has 3 aromatic rings. The first-order chi connectivity index (χ1) is 13.3. The number of morpholine rings is 1. The van der Waals surface area contributed by atoms with Crippen LogP contribution >= 0.6 is 11.8 Å². The molecule has 5 rings (SSSR count). The van der Waals surface area contributed by atoms with Gasteiger partial charge < -0.3 is 14.7 Å². The highest BCUT2D eigenvalue weighted by Gasteiger charge is 2.23. The minimum absolute atomic E-state index is 0.394. The lowest BCUT2D eigenvalue weighted by molar-refractivity contribution is 0.122. The number of thioether (sulfide) groups is 1. The summed E-state index contributed by atoms with van der Waals surface area (Å²) in [5.41, 5.74) is 6.48. The average Bonchev–Trinajstić information content (AvgIpc) is 2.73. The van der Waals surface area contributed by atoms with Crippen molar-refractivity contribution in [3.8, 4) is 16.9 Å². The van der Waals surface area contributed by atoms with Gasteiger partial charge in [-0.25, -0.2) is 0 Å². The van der Waals surface area contributed by atoms with Crippen LogP contribution in [0.2, 0.25) is 0 Å². The van der Waals surface area contributed by atoms with Crippen molar-refractivity contribution < 1.29 is 9.84 Å². The number of benzene rings is 3. The molecule has 1 aliphatic heterocycles. The molecule has 0 radical (unpaired) electrons. The van der Waals surface area contributed by atoms with Crippen molar-refractivity contribution in [3.63, 3.8) is 0 Å². The second-order valence-corrected chi connectivity index (χ2v) is 8.10. The molecule has 4 heteroatoms. The van der Waals surface area contributed by atoms with Crippen molar-refractivity contribution in [1.29, 1.82) is 0 Å². The summed E-state index contributed by atoms with van der Waals surface area (Å²) in [5, 5.41) is 12.9. The van der Waals surface area contributed by atoms with Gasteiger partial charge in [0.05, 0.1) is 18.9 Å². The van der Waals surface area contributed by atoms with Gasteiger partial charge >= 0.3 is 0 Å². The zero-order valence-electron chi connectivity index (χ0n) is 15.5. The third-order valence-electron chi connectivity index (χ3n) is 5.80. The standard InChI is InChI=1S/C23H23NO2S/c1-27-22-14-19-18(13-20(22)24-8-10-26-11-9-24)21(25)12-16-7-6-15-4-2-3-5-17(15)23(16)19/h2-5,12-14,25H,6-11H2,1H3. The molecule has 0 amide bonds. The maximum absolute atomic E-state index is 10.8. The fourth-order valence-electron chi connectivity index (χ4n) is 4.46. The Morgan fingerprint density at radius 3 is 2.56 bits per heavy atom. The molecule has 2 aliphatic rings. The highest BCUT2D eigenvalue weighted by molar-refractivity contribution is 7.98. The van der Waals surface area contributed by atoms with E-state index >= 15 is 0 Å². The van der Waals surface area contributed by atoms with E-state index in [1.807, 2.05) is 6.07 Å². The summed E-state index contributed by atoms with van der Waals surface area (Å²) >= 11 is 1.78. The molecule has 1 heterocycles. The first kappa shape index (κ1) is 17.0. The lowest BCUT2D eigenvalue weighted by Crippen LogP contribution is -2.36. The van der Waals surface area contributed by atoms with Gasteiger partial charge in [-0.3, -0.25) is 0 Å². The van der Waals surface area contributed by atoms with Gasteiger partial charge in [0.2, 0.25) is 0 Å². The maximum Gasteiger partial charge on any atom is 0.123 e. The molecule has 138 valence electrons. The van der Waals surface area contributed by atoms with E-state index in [9.17, 15) is 5.11 Å². The molecule has 1 saturated heterocycles. The molecular weight excluding hydrogens is 354 g/mol. The van der Waals surface area contributed by atoms with Gasteiger partial charge in [-0.1, -0.05) is 24.3 Å². The van der Waals surface area contributed by atoms with Crippen molar-refractivity contribution in [1.82, 2.24) is 0 Å². The molecule has 0 aromatic heterocycles. The molecule has 0 atom stereocenters. The molecule has 0 saturated carbocycles. The Morgan fingerprint density at radius 2 is 1.74 bits per heavy atom. The highest BCUT2D eigenvalue weighted by atomic mass is 32.2. The topological polar surface area (TPSA) is 32.7 Å². The summed E-state index contributed by atoms with van der Waals surface area (Å²) < 4.78 is 5.52. The quantitative estimate of drug-likeness (QED) is 0.646. The Hall–Kier alpha value is -2.17. The van der Waals surface area contributed by atoms with E-state index in [2.05, 4.69) is 47.6 Å². The largest absolute Gasteiger partial charge is 0.507 e. The summed E-state index contributed by atoms with van der Waals surface area (Å²) in [6.07, 6.45) is 4.15. The third kappa shape index (κ3) is 2.79. The molecular formula is C23H23NO2S. The second-order valence-electron chi connectivity index (χ2n) is 7.26. The monoisotopic (exact) mass is 377 g/mol. The number of rotatable bonds is 2. The molecule has 1 fully saturated rings. The van der Waals surface area contributed by atoms with Crippen LogP contribution in [0.15, 0.2) is 47.4 Å². The molecule has 0 unspecified atom stereocenters. The number of phenols is 1. The minimum Gasteiger partial charge on any atom is -0.507 e. The lowest BCUT2D eigenvalue weighted by atomic mass is 9.82. The molecule has 0 spiro atoms. The van der Waals surface area contributed by atoms with Crippen LogP contribution in [-0.4, -0.2) is 37.7 Å². The van der Waals surface area contributed by atoms with Gasteiger partial charge in [0.1, 0.15) is 5.75 Å². The Bertz CT molecular complexity index is 1020. The Kier molecular flexibility index (Phi) is 4.25. The van der Waals surface area contributed by atoms with Gasteiger partial charge in [0, 0.05) is 23.4 Å². The van der Waals surface area contributed by atoms with Gasteiger partial charge in [-0.15, -0.1) is 11.8 Å². The Balaban J connectivity index is 1.77. The molecule has 27 heavy (non-hydrogen) atoms. The zero-order valence-corrected chi connectivity index (χ0v) is 16.3. The van der Waals surface area contributed by atoms with E-state index in [4.69, 9.17) is 4.74 Å². The van der Waals surface area contributed by atoms with E-state index in [1.54, 1.807) is 11.8 Å². The predicted molar refractivity (Wildman–Crippen MR) is 113 cm³/mol. The van der Waals surface area contributed by atoms with Crippen LogP contribution in [0.4, 0.5) is 5.69 Å². The number of nitrogens with zero attached hydrogens (tertiary/aromatic N) is 1. The second kappa shape index (κ2) is 6.77. The van der Waals surface area contributed by atoms with E-state index in [1.165, 1.54) is 38.2 Å². The lowest BCUT2D eigenvalue weighted by Gasteiger charge is -2.31. The SMILES string of the molecule is CSc1cc2c3c(cc(O)c2cc1N1CCOCC1)CCc1ccccc1-3. The number of fused-ring (bicyclic) bond motifs is 5. The van der Waals surface area contributed by atoms with Crippen LogP contribution in [0.25, 0.3) is 21.9 Å². The van der Waals surface area contributed by atoms with Crippen LogP contribution in [0.3, 0.4) is 0 Å². The number of phenolic OH excluding ortho intramolecular Hbond substituents is 1. The van der Waals surface area contributed by atoms with Gasteiger partial charge in [-0.05, 0) is 64.9 Å². The Morgan fingerprint density at radius 1 is 0.963 bits per heavy atom. The molecule has 3 nitrogen and oxygen atoms in total. The van der Waals surface area contributed by atoms with Crippen molar-refractivity contribution >= 4 is 28.2 Å². The van der Waals surface area contributed by atoms with E-state index < -0.39 is 0 Å². The number of hydrogen-bond donors (Lipinski definition) is 1. The van der Waals surface area contributed by atoms with E-state index in [0.717, 1.165) is 44.5 Å². The van der Waals surface area contributed by atoms with Crippen LogP contribution < -0.4 is 4.90 Å². The number of anilines is 1. The van der Waals surface area contributed by atoms with Gasteiger partial charge in [-0.2, -0.15) is 0 Å². The molecule has 3 aromatic carbocycles. The number of hydrogen-bond acceptors (Lipinski definition) is 4. The first-order valence-corrected chi connectivity index (χ1v) is 10.8. The number of aromatic hydroxyl groups is 1. The third-order valence-corrected chi connectivity index (χ3v) is 6.57. The van der Waals surface area contributed by atoms with Gasteiger partial charge in [0.15, 0.2) is 0 Å². The van der Waals surface area contributed by atoms with Crippen LogP contribution in [0.1, 0.15) is 11.1 Å². The van der Waals surface area contributed by atoms with Gasteiger partial charge in [0.25, 0.3) is 0 Å². The number of aryl methyl sites for hydroxylation is 2. The fourth-order valence-corrected chi connectivity index (χ4v) is 5.09. The normalized spacial score (nSPS) is 16.3.